The van der Waals surface area contributed by atoms with Gasteiger partial charge in [0.05, 0.1) is 9.90 Å². The first-order chi connectivity index (χ1) is 9.29. The Labute approximate surface area is 132 Å². The molecule has 0 bridgehead atoms. The molecule has 0 saturated carbocycles. The number of aliphatic carboxylic acids is 1. The Morgan fingerprint density at radius 1 is 1.40 bits per heavy atom. The maximum atomic E-state index is 12.0. The van der Waals surface area contributed by atoms with Gasteiger partial charge in [0.15, 0.2) is 0 Å². The van der Waals surface area contributed by atoms with E-state index in [1.807, 2.05) is 13.8 Å². The van der Waals surface area contributed by atoms with Crippen molar-refractivity contribution in [1.29, 1.82) is 0 Å². The highest BCUT2D eigenvalue weighted by molar-refractivity contribution is 7.20. The quantitative estimate of drug-likeness (QED) is 0.792. The monoisotopic (exact) mass is 337 g/mol. The molecule has 0 radical (unpaired) electrons. The van der Waals surface area contributed by atoms with Gasteiger partial charge in [-0.2, -0.15) is 0 Å². The van der Waals surface area contributed by atoms with E-state index >= 15 is 0 Å². The normalized spacial score (nSPS) is 12.4. The van der Waals surface area contributed by atoms with Crippen molar-refractivity contribution in [2.24, 2.45) is 11.8 Å². The summed E-state index contributed by atoms with van der Waals surface area (Å²) in [7, 11) is 0. The zero-order chi connectivity index (χ0) is 15.3. The van der Waals surface area contributed by atoms with Crippen LogP contribution in [0.1, 0.15) is 37.0 Å². The molecule has 0 aliphatic heterocycles. The van der Waals surface area contributed by atoms with E-state index < -0.39 is 5.97 Å². The molecule has 2 N–H and O–H groups in total. The van der Waals surface area contributed by atoms with Crippen molar-refractivity contribution >= 4 is 46.4 Å². The Bertz CT molecular complexity index is 488. The fraction of sp³-hybridized carbons (Fsp3) is 0.538. The minimum atomic E-state index is -0.860. The molecule has 1 rings (SSSR count). The van der Waals surface area contributed by atoms with Crippen LogP contribution in [0.25, 0.3) is 0 Å². The molecule has 1 aromatic heterocycles. The summed E-state index contributed by atoms with van der Waals surface area (Å²) in [5.74, 6) is -0.904. The van der Waals surface area contributed by atoms with Crippen LogP contribution < -0.4 is 5.32 Å². The van der Waals surface area contributed by atoms with E-state index in [2.05, 4.69) is 5.32 Å². The van der Waals surface area contributed by atoms with Gasteiger partial charge >= 0.3 is 5.97 Å². The lowest BCUT2D eigenvalue weighted by Crippen LogP contribution is -2.31. The van der Waals surface area contributed by atoms with Crippen LogP contribution in [0.4, 0.5) is 0 Å². The zero-order valence-corrected chi connectivity index (χ0v) is 13.6. The van der Waals surface area contributed by atoms with Gasteiger partial charge in [-0.05, 0) is 24.3 Å². The lowest BCUT2D eigenvalue weighted by Gasteiger charge is -2.17. The van der Waals surface area contributed by atoms with Crippen LogP contribution in [-0.2, 0) is 4.79 Å². The second-order valence-corrected chi connectivity index (χ2v) is 7.33. The van der Waals surface area contributed by atoms with E-state index in [1.165, 1.54) is 6.07 Å². The second-order valence-electron chi connectivity index (χ2n) is 5.04. The van der Waals surface area contributed by atoms with Gasteiger partial charge in [-0.25, -0.2) is 0 Å². The van der Waals surface area contributed by atoms with Crippen molar-refractivity contribution in [2.45, 2.75) is 26.7 Å². The Kier molecular flexibility index (Phi) is 6.79. The Morgan fingerprint density at radius 3 is 2.50 bits per heavy atom. The number of rotatable bonds is 7. The number of carboxylic acid groups (broad SMARTS) is 1. The first-order valence-electron chi connectivity index (χ1n) is 6.24. The number of carbonyl (C=O) groups is 2. The number of hydrogen-bond donors (Lipinski definition) is 2. The molecule has 0 spiro atoms. The van der Waals surface area contributed by atoms with E-state index in [9.17, 15) is 9.59 Å². The van der Waals surface area contributed by atoms with Crippen molar-refractivity contribution < 1.29 is 14.7 Å². The smallest absolute Gasteiger partial charge is 0.303 e. The maximum Gasteiger partial charge on any atom is 0.303 e. The molecule has 20 heavy (non-hydrogen) atoms. The summed E-state index contributed by atoms with van der Waals surface area (Å²) in [4.78, 5) is 22.8. The van der Waals surface area contributed by atoms with E-state index in [4.69, 9.17) is 28.3 Å². The first-order valence-corrected chi connectivity index (χ1v) is 7.81. The third-order valence-corrected chi connectivity index (χ3v) is 4.21. The molecule has 7 heteroatoms. The Balaban J connectivity index is 2.60. The topological polar surface area (TPSA) is 66.4 Å². The fourth-order valence-electron chi connectivity index (χ4n) is 1.98. The van der Waals surface area contributed by atoms with E-state index in [1.54, 1.807) is 0 Å². The van der Waals surface area contributed by atoms with Crippen LogP contribution in [-0.4, -0.2) is 23.5 Å². The van der Waals surface area contributed by atoms with Crippen LogP contribution in [0.3, 0.4) is 0 Å². The number of amides is 1. The van der Waals surface area contributed by atoms with Crippen LogP contribution in [0.5, 0.6) is 0 Å². The second kappa shape index (κ2) is 7.86. The van der Waals surface area contributed by atoms with Gasteiger partial charge < -0.3 is 10.4 Å². The van der Waals surface area contributed by atoms with Gasteiger partial charge in [0.1, 0.15) is 4.34 Å². The average molecular weight is 338 g/mol. The minimum absolute atomic E-state index is 0.0383. The summed E-state index contributed by atoms with van der Waals surface area (Å²) in [6, 6.07) is 1.51. The highest BCUT2D eigenvalue weighted by Crippen LogP contribution is 2.31. The molecule has 1 amide bonds. The third-order valence-electron chi connectivity index (χ3n) is 2.72. The van der Waals surface area contributed by atoms with Gasteiger partial charge in [0.25, 0.3) is 5.91 Å². The maximum absolute atomic E-state index is 12.0. The molecular weight excluding hydrogens is 321 g/mol. The molecular formula is C13H17Cl2NO3S. The van der Waals surface area contributed by atoms with Crippen LogP contribution in [0.15, 0.2) is 6.07 Å². The molecule has 0 aromatic carbocycles. The number of hydrogen-bond acceptors (Lipinski definition) is 3. The van der Waals surface area contributed by atoms with Crippen LogP contribution in [0, 0.1) is 11.8 Å². The number of nitrogens with one attached hydrogen (secondary N) is 1. The number of carbonyl (C=O) groups excluding carboxylic acids is 1. The summed E-state index contributed by atoms with van der Waals surface area (Å²) in [6.45, 7) is 4.35. The van der Waals surface area contributed by atoms with E-state index in [0.717, 1.165) is 17.8 Å². The van der Waals surface area contributed by atoms with Gasteiger partial charge in [-0.15, -0.1) is 11.3 Å². The molecule has 1 atom stereocenters. The fourth-order valence-corrected chi connectivity index (χ4v) is 3.44. The number of halogens is 2. The summed E-state index contributed by atoms with van der Waals surface area (Å²) in [5.41, 5.74) is 0.334. The Morgan fingerprint density at radius 2 is 2.05 bits per heavy atom. The standard InChI is InChI=1S/C13H17Cl2NO3S/c1-7(2)3-8(4-11(17)18)6-16-13(19)9-5-10(14)20-12(9)15/h5,7-8H,3-4,6H2,1-2H3,(H,16,19)(H,17,18)/t8-/m0/s1. The van der Waals surface area contributed by atoms with Gasteiger partial charge in [-0.1, -0.05) is 37.0 Å². The SMILES string of the molecule is CC(C)C[C@H](CNC(=O)c1cc(Cl)sc1Cl)CC(=O)O. The third kappa shape index (κ3) is 5.69. The molecule has 1 aromatic rings. The highest BCUT2D eigenvalue weighted by Gasteiger charge is 2.18. The van der Waals surface area contributed by atoms with Gasteiger partial charge in [0, 0.05) is 13.0 Å². The predicted octanol–water partition coefficient (Wildman–Crippen LogP) is 3.92. The van der Waals surface area contributed by atoms with Crippen molar-refractivity contribution in [2.75, 3.05) is 6.54 Å². The molecule has 4 nitrogen and oxygen atoms in total. The molecule has 0 saturated heterocycles. The summed E-state index contributed by atoms with van der Waals surface area (Å²) < 4.78 is 0.788. The van der Waals surface area contributed by atoms with Crippen molar-refractivity contribution in [1.82, 2.24) is 5.32 Å². The predicted molar refractivity (Wildman–Crippen MR) is 81.9 cm³/mol. The highest BCUT2D eigenvalue weighted by atomic mass is 35.5. The van der Waals surface area contributed by atoms with Crippen molar-refractivity contribution in [3.63, 3.8) is 0 Å². The van der Waals surface area contributed by atoms with Gasteiger partial charge in [0.2, 0.25) is 0 Å². The molecule has 0 aliphatic rings. The van der Waals surface area contributed by atoms with Crippen molar-refractivity contribution in [3.8, 4) is 0 Å². The van der Waals surface area contributed by atoms with Crippen molar-refractivity contribution in [3.05, 3.63) is 20.3 Å². The average Bonchev–Trinajstić information content (AvgIpc) is 2.63. The minimum Gasteiger partial charge on any atom is -0.481 e. The molecule has 0 fully saturated rings. The van der Waals surface area contributed by atoms with Crippen LogP contribution >= 0.6 is 34.5 Å². The number of thiophene rings is 1. The van der Waals surface area contributed by atoms with E-state index in [-0.39, 0.29) is 18.2 Å². The zero-order valence-electron chi connectivity index (χ0n) is 11.3. The molecule has 112 valence electrons. The molecule has 1 heterocycles. The summed E-state index contributed by atoms with van der Waals surface area (Å²) >= 11 is 12.8. The van der Waals surface area contributed by atoms with Crippen LogP contribution in [0.2, 0.25) is 8.67 Å². The summed E-state index contributed by atoms with van der Waals surface area (Å²) in [6.07, 6.45) is 0.779. The van der Waals surface area contributed by atoms with Gasteiger partial charge in [-0.3, -0.25) is 9.59 Å². The van der Waals surface area contributed by atoms with E-state index in [0.29, 0.717) is 26.7 Å². The largest absolute Gasteiger partial charge is 0.481 e. The Hall–Kier alpha value is -0.780. The molecule has 0 unspecified atom stereocenters. The molecule has 0 aliphatic carbocycles. The lowest BCUT2D eigenvalue weighted by molar-refractivity contribution is -0.138. The lowest BCUT2D eigenvalue weighted by atomic mass is 9.94. The number of carboxylic acids is 1. The first kappa shape index (κ1) is 17.3. The summed E-state index contributed by atoms with van der Waals surface area (Å²) in [5, 5.41) is 11.6.